The van der Waals surface area contributed by atoms with Crippen LogP contribution in [0.3, 0.4) is 0 Å². The highest BCUT2D eigenvalue weighted by Crippen LogP contribution is 2.32. The molecule has 0 bridgehead atoms. The molecule has 3 aromatic rings. The first-order chi connectivity index (χ1) is 16.8. The molecule has 14 nitrogen and oxygen atoms in total. The summed E-state index contributed by atoms with van der Waals surface area (Å²) in [6.45, 7) is 0. The van der Waals surface area contributed by atoms with E-state index in [4.69, 9.17) is 4.55 Å². The van der Waals surface area contributed by atoms with Gasteiger partial charge in [-0.15, -0.1) is 0 Å². The summed E-state index contributed by atoms with van der Waals surface area (Å²) in [6.07, 6.45) is 0. The van der Waals surface area contributed by atoms with Crippen molar-refractivity contribution in [1.82, 2.24) is 0 Å². The zero-order chi connectivity index (χ0) is 26.4. The largest absolute Gasteiger partial charge is 0.507 e. The predicted octanol–water partition coefficient (Wildman–Crippen LogP) is 1.98. The number of nitrogens with zero attached hydrogens (tertiary/aromatic N) is 4. The van der Waals surface area contributed by atoms with Gasteiger partial charge >= 0.3 is 5.97 Å². The number of anilines is 1. The summed E-state index contributed by atoms with van der Waals surface area (Å²) in [6, 6.07) is 8.54. The van der Waals surface area contributed by atoms with E-state index >= 15 is 0 Å². The number of hydrogen-bond acceptors (Lipinski definition) is 10. The van der Waals surface area contributed by atoms with Crippen LogP contribution in [0.25, 0.3) is 10.8 Å². The number of carbonyl (C=O) groups excluding carboxylic acids is 1. The number of aliphatic carboxylic acids is 1. The number of hydrazone groups is 1. The number of azo groups is 1. The maximum atomic E-state index is 12.8. The highest BCUT2D eigenvalue weighted by Gasteiger charge is 2.41. The maximum Gasteiger partial charge on any atom is 0.355 e. The fraction of sp³-hybridized carbons (Fsp3) is 0.0500. The standard InChI is InChI=1S/C20H14N4O10S2/c25-16-9-14(36(32,33)34)8-10-7-11(1-6-15(10)16)21-22-17-18(20(27)28)23-24(19(17)26)12-2-4-13(5-3-12)35(29,30)31/h1-9,17,25H,(H,27,28)(H,29,30,31)(H,32,33,34)/b22-21+. The highest BCUT2D eigenvalue weighted by molar-refractivity contribution is 7.86. The lowest BCUT2D eigenvalue weighted by Gasteiger charge is -2.12. The first-order valence-electron chi connectivity index (χ1n) is 9.64. The van der Waals surface area contributed by atoms with Crippen LogP contribution >= 0.6 is 0 Å². The van der Waals surface area contributed by atoms with Crippen LogP contribution in [0.1, 0.15) is 0 Å². The summed E-state index contributed by atoms with van der Waals surface area (Å²) in [7, 11) is -9.11. The summed E-state index contributed by atoms with van der Waals surface area (Å²) in [4.78, 5) is 23.5. The Balaban J connectivity index is 1.67. The van der Waals surface area contributed by atoms with Crippen LogP contribution < -0.4 is 5.01 Å². The molecule has 4 N–H and O–H groups in total. The molecule has 1 atom stereocenters. The first-order valence-corrected chi connectivity index (χ1v) is 12.5. The van der Waals surface area contributed by atoms with Crippen molar-refractivity contribution in [3.63, 3.8) is 0 Å². The second-order valence-electron chi connectivity index (χ2n) is 7.35. The molecule has 1 unspecified atom stereocenters. The smallest absolute Gasteiger partial charge is 0.355 e. The van der Waals surface area contributed by atoms with Crippen molar-refractivity contribution < 1.29 is 45.7 Å². The van der Waals surface area contributed by atoms with Crippen LogP contribution in [0, 0.1) is 0 Å². The van der Waals surface area contributed by atoms with E-state index in [9.17, 15) is 41.2 Å². The van der Waals surface area contributed by atoms with Gasteiger partial charge in [0.25, 0.3) is 26.1 Å². The third kappa shape index (κ3) is 4.78. The molecule has 0 aliphatic carbocycles. The van der Waals surface area contributed by atoms with Crippen molar-refractivity contribution in [3.8, 4) is 5.75 Å². The number of hydrogen-bond donors (Lipinski definition) is 4. The average molecular weight is 534 g/mol. The molecule has 1 aliphatic rings. The zero-order valence-electron chi connectivity index (χ0n) is 17.6. The van der Waals surface area contributed by atoms with Gasteiger partial charge in [0, 0.05) is 11.5 Å². The Kier molecular flexibility index (Phi) is 6.05. The predicted molar refractivity (Wildman–Crippen MR) is 123 cm³/mol. The Morgan fingerprint density at radius 2 is 1.56 bits per heavy atom. The molecule has 1 heterocycles. The number of carboxylic acids is 1. The van der Waals surface area contributed by atoms with Gasteiger partial charge in [0.15, 0.2) is 5.71 Å². The number of rotatable bonds is 6. The Morgan fingerprint density at radius 3 is 2.14 bits per heavy atom. The lowest BCUT2D eigenvalue weighted by molar-refractivity contribution is -0.130. The first kappa shape index (κ1) is 24.9. The lowest BCUT2D eigenvalue weighted by atomic mass is 10.1. The van der Waals surface area contributed by atoms with Crippen LogP contribution in [-0.4, -0.2) is 59.8 Å². The van der Waals surface area contributed by atoms with E-state index < -0.39 is 59.4 Å². The van der Waals surface area contributed by atoms with Crippen molar-refractivity contribution in [1.29, 1.82) is 0 Å². The van der Waals surface area contributed by atoms with Crippen molar-refractivity contribution in [2.45, 2.75) is 15.8 Å². The number of benzene rings is 3. The van der Waals surface area contributed by atoms with Gasteiger partial charge in [0.05, 0.1) is 21.2 Å². The minimum absolute atomic E-state index is 0.00257. The average Bonchev–Trinajstić information content (AvgIpc) is 3.12. The molecule has 0 aromatic heterocycles. The molecule has 0 radical (unpaired) electrons. The molecule has 0 fully saturated rings. The third-order valence-electron chi connectivity index (χ3n) is 4.98. The summed E-state index contributed by atoms with van der Waals surface area (Å²) in [5.74, 6) is -2.90. The number of amides is 1. The number of carbonyl (C=O) groups is 2. The number of phenolic OH excluding ortho intramolecular Hbond substituents is 1. The van der Waals surface area contributed by atoms with Gasteiger partial charge < -0.3 is 10.2 Å². The second kappa shape index (κ2) is 8.76. The van der Waals surface area contributed by atoms with Crippen LogP contribution in [0.4, 0.5) is 11.4 Å². The van der Waals surface area contributed by atoms with E-state index in [1.807, 2.05) is 0 Å². The highest BCUT2D eigenvalue weighted by atomic mass is 32.2. The number of phenols is 1. The third-order valence-corrected chi connectivity index (χ3v) is 6.68. The summed E-state index contributed by atoms with van der Waals surface area (Å²) in [5, 5.41) is 31.9. The molecule has 3 aromatic carbocycles. The van der Waals surface area contributed by atoms with Crippen LogP contribution in [-0.2, 0) is 29.8 Å². The lowest BCUT2D eigenvalue weighted by Crippen LogP contribution is -2.33. The molecule has 16 heteroatoms. The van der Waals surface area contributed by atoms with E-state index in [-0.39, 0.29) is 22.1 Å². The number of carboxylic acid groups (broad SMARTS) is 1. The Morgan fingerprint density at radius 1 is 0.917 bits per heavy atom. The molecule has 0 saturated carbocycles. The normalized spacial score (nSPS) is 16.6. The quantitative estimate of drug-likeness (QED) is 0.266. The minimum atomic E-state index is -4.62. The summed E-state index contributed by atoms with van der Waals surface area (Å²) < 4.78 is 63.5. The zero-order valence-corrected chi connectivity index (χ0v) is 19.3. The molecular weight excluding hydrogens is 520 g/mol. The van der Waals surface area contributed by atoms with Crippen molar-refractivity contribution in [3.05, 3.63) is 54.6 Å². The van der Waals surface area contributed by atoms with Gasteiger partial charge in [-0.2, -0.15) is 37.2 Å². The molecule has 1 aliphatic heterocycles. The number of aromatic hydroxyl groups is 1. The van der Waals surface area contributed by atoms with Crippen molar-refractivity contribution in [2.24, 2.45) is 15.3 Å². The molecule has 186 valence electrons. The van der Waals surface area contributed by atoms with E-state index in [1.54, 1.807) is 0 Å². The fourth-order valence-corrected chi connectivity index (χ4v) is 4.31. The Bertz CT molecular complexity index is 1700. The van der Waals surface area contributed by atoms with Gasteiger partial charge in [0.1, 0.15) is 5.75 Å². The molecule has 0 saturated heterocycles. The number of fused-ring (bicyclic) bond motifs is 1. The van der Waals surface area contributed by atoms with E-state index in [0.29, 0.717) is 5.01 Å². The Hall–Kier alpha value is -4.25. The van der Waals surface area contributed by atoms with Gasteiger partial charge in [-0.1, -0.05) is 0 Å². The molecule has 0 spiro atoms. The molecule has 1 amide bonds. The van der Waals surface area contributed by atoms with Gasteiger partial charge in [-0.25, -0.2) is 4.79 Å². The van der Waals surface area contributed by atoms with E-state index in [0.717, 1.165) is 36.4 Å². The topological polar surface area (TPSA) is 224 Å². The fourth-order valence-electron chi connectivity index (χ4n) is 3.30. The second-order valence-corrected chi connectivity index (χ2v) is 10.2. The van der Waals surface area contributed by atoms with Crippen molar-refractivity contribution >= 4 is 60.0 Å². The monoisotopic (exact) mass is 534 g/mol. The van der Waals surface area contributed by atoms with Crippen LogP contribution in [0.15, 0.2) is 79.7 Å². The van der Waals surface area contributed by atoms with Gasteiger partial charge in [-0.3, -0.25) is 13.9 Å². The molecular formula is C20H14N4O10S2. The minimum Gasteiger partial charge on any atom is -0.507 e. The molecule has 36 heavy (non-hydrogen) atoms. The van der Waals surface area contributed by atoms with E-state index in [2.05, 4.69) is 15.3 Å². The van der Waals surface area contributed by atoms with Crippen molar-refractivity contribution in [2.75, 3.05) is 5.01 Å². The Labute approximate surface area is 202 Å². The molecule has 4 rings (SSSR count). The summed E-state index contributed by atoms with van der Waals surface area (Å²) in [5.41, 5.74) is -0.611. The van der Waals surface area contributed by atoms with Crippen LogP contribution in [0.2, 0.25) is 0 Å². The van der Waals surface area contributed by atoms with Crippen LogP contribution in [0.5, 0.6) is 5.75 Å². The van der Waals surface area contributed by atoms with E-state index in [1.165, 1.54) is 18.2 Å². The van der Waals surface area contributed by atoms with Gasteiger partial charge in [-0.05, 0) is 53.9 Å². The summed E-state index contributed by atoms with van der Waals surface area (Å²) >= 11 is 0. The maximum absolute atomic E-state index is 12.8. The van der Waals surface area contributed by atoms with Gasteiger partial charge in [0.2, 0.25) is 6.04 Å². The SMILES string of the molecule is O=C(O)C1=NN(c2ccc(S(=O)(=O)O)cc2)C(=O)C1/N=N/c1ccc2c(O)cc(S(=O)(=O)O)cc2c1.